The summed E-state index contributed by atoms with van der Waals surface area (Å²) >= 11 is 7.42. The minimum absolute atomic E-state index is 0.0422. The Morgan fingerprint density at radius 2 is 1.96 bits per heavy atom. The van der Waals surface area contributed by atoms with Crippen LogP contribution in [0.5, 0.6) is 0 Å². The number of rotatable bonds is 5. The Balaban J connectivity index is 1.78. The third kappa shape index (κ3) is 3.72. The molecule has 0 aliphatic heterocycles. The van der Waals surface area contributed by atoms with E-state index in [-0.39, 0.29) is 11.0 Å². The monoisotopic (exact) mass is 377 g/mol. The van der Waals surface area contributed by atoms with Crippen molar-refractivity contribution in [2.45, 2.75) is 17.3 Å². The van der Waals surface area contributed by atoms with E-state index in [1.165, 1.54) is 18.9 Å². The van der Waals surface area contributed by atoms with Crippen molar-refractivity contribution in [3.63, 3.8) is 0 Å². The minimum Gasteiger partial charge on any atom is -0.463 e. The molecule has 0 amide bonds. The predicted octanol–water partition coefficient (Wildman–Crippen LogP) is 4.37. The van der Waals surface area contributed by atoms with Gasteiger partial charge < -0.3 is 13.7 Å². The molecule has 1 aromatic carbocycles. The molecule has 6 nitrogen and oxygen atoms in total. The van der Waals surface area contributed by atoms with Gasteiger partial charge in [0.05, 0.1) is 12.4 Å². The molecule has 0 aliphatic carbocycles. The van der Waals surface area contributed by atoms with Crippen LogP contribution in [0.2, 0.25) is 5.02 Å². The van der Waals surface area contributed by atoms with Crippen LogP contribution >= 0.6 is 23.4 Å². The van der Waals surface area contributed by atoms with Gasteiger partial charge in [-0.05, 0) is 43.3 Å². The second-order valence-electron chi connectivity index (χ2n) is 5.33. The van der Waals surface area contributed by atoms with E-state index in [2.05, 4.69) is 14.9 Å². The fourth-order valence-corrected chi connectivity index (χ4v) is 3.28. The van der Waals surface area contributed by atoms with Gasteiger partial charge in [0.25, 0.3) is 0 Å². The Bertz CT molecular complexity index is 889. The zero-order valence-corrected chi connectivity index (χ0v) is 15.5. The zero-order chi connectivity index (χ0) is 18.0. The van der Waals surface area contributed by atoms with Crippen LogP contribution in [0.25, 0.3) is 11.4 Å². The standard InChI is InChI=1S/C17H16ClN3O3S/c1-10(13-8-9-14(24-13)16(22)23-3)25-17-20-19-15(21(17)2)11-4-6-12(18)7-5-11/h4-10H,1-3H3. The third-order valence-electron chi connectivity index (χ3n) is 3.63. The molecule has 0 radical (unpaired) electrons. The van der Waals surface area contributed by atoms with Crippen LogP contribution in [-0.4, -0.2) is 27.8 Å². The lowest BCUT2D eigenvalue weighted by Crippen LogP contribution is -1.99. The molecule has 0 aliphatic rings. The largest absolute Gasteiger partial charge is 0.463 e. The molecule has 0 saturated heterocycles. The van der Waals surface area contributed by atoms with Crippen LogP contribution in [0, 0.1) is 0 Å². The van der Waals surface area contributed by atoms with Crippen molar-refractivity contribution >= 4 is 29.3 Å². The molecule has 0 fully saturated rings. The number of aromatic nitrogens is 3. The molecular weight excluding hydrogens is 362 g/mol. The number of thioether (sulfide) groups is 1. The van der Waals surface area contributed by atoms with Crippen LogP contribution in [0.4, 0.5) is 0 Å². The van der Waals surface area contributed by atoms with Crippen molar-refractivity contribution in [2.75, 3.05) is 7.11 Å². The van der Waals surface area contributed by atoms with Crippen LogP contribution < -0.4 is 0 Å². The Hall–Kier alpha value is -2.25. The first-order valence-corrected chi connectivity index (χ1v) is 8.75. The van der Waals surface area contributed by atoms with E-state index >= 15 is 0 Å². The smallest absolute Gasteiger partial charge is 0.373 e. The van der Waals surface area contributed by atoms with Gasteiger partial charge in [-0.1, -0.05) is 23.4 Å². The number of esters is 1. The number of hydrogen-bond acceptors (Lipinski definition) is 6. The van der Waals surface area contributed by atoms with Gasteiger partial charge in [-0.3, -0.25) is 0 Å². The lowest BCUT2D eigenvalue weighted by atomic mass is 10.2. The summed E-state index contributed by atoms with van der Waals surface area (Å²) in [6.07, 6.45) is 0. The van der Waals surface area contributed by atoms with E-state index in [1.54, 1.807) is 12.1 Å². The molecule has 0 spiro atoms. The van der Waals surface area contributed by atoms with E-state index in [1.807, 2.05) is 42.8 Å². The molecule has 1 unspecified atom stereocenters. The molecule has 1 atom stereocenters. The summed E-state index contributed by atoms with van der Waals surface area (Å²) in [4.78, 5) is 11.5. The molecule has 8 heteroatoms. The Labute approximate surface area is 154 Å². The quantitative estimate of drug-likeness (QED) is 0.485. The average molecular weight is 378 g/mol. The summed E-state index contributed by atoms with van der Waals surface area (Å²) in [7, 11) is 3.22. The lowest BCUT2D eigenvalue weighted by Gasteiger charge is -2.08. The average Bonchev–Trinajstić information content (AvgIpc) is 3.23. The molecule has 3 aromatic rings. The summed E-state index contributed by atoms with van der Waals surface area (Å²) in [6.45, 7) is 1.97. The second-order valence-corrected chi connectivity index (χ2v) is 7.07. The molecule has 130 valence electrons. The fraction of sp³-hybridized carbons (Fsp3) is 0.235. The van der Waals surface area contributed by atoms with Gasteiger partial charge >= 0.3 is 5.97 Å². The maximum absolute atomic E-state index is 11.5. The maximum Gasteiger partial charge on any atom is 0.373 e. The molecule has 3 rings (SSSR count). The maximum atomic E-state index is 11.5. The normalized spacial score (nSPS) is 12.2. The third-order valence-corrected chi connectivity index (χ3v) is 5.04. The minimum atomic E-state index is -0.493. The number of furan rings is 1. The Morgan fingerprint density at radius 3 is 2.64 bits per heavy atom. The predicted molar refractivity (Wildman–Crippen MR) is 95.8 cm³/mol. The van der Waals surface area contributed by atoms with E-state index < -0.39 is 5.97 Å². The van der Waals surface area contributed by atoms with Crippen molar-refractivity contribution in [2.24, 2.45) is 7.05 Å². The number of hydrogen-bond donors (Lipinski definition) is 0. The number of carbonyl (C=O) groups excluding carboxylic acids is 1. The summed E-state index contributed by atoms with van der Waals surface area (Å²) in [6, 6.07) is 10.8. The highest BCUT2D eigenvalue weighted by Gasteiger charge is 2.19. The number of ether oxygens (including phenoxy) is 1. The van der Waals surface area contributed by atoms with Crippen molar-refractivity contribution < 1.29 is 13.9 Å². The highest BCUT2D eigenvalue weighted by Crippen LogP contribution is 2.35. The van der Waals surface area contributed by atoms with Gasteiger partial charge in [0.15, 0.2) is 11.0 Å². The topological polar surface area (TPSA) is 70.2 Å². The van der Waals surface area contributed by atoms with Crippen molar-refractivity contribution in [3.8, 4) is 11.4 Å². The molecule has 2 heterocycles. The van der Waals surface area contributed by atoms with Gasteiger partial charge in [0.1, 0.15) is 5.76 Å². The van der Waals surface area contributed by atoms with Gasteiger partial charge in [0.2, 0.25) is 5.76 Å². The van der Waals surface area contributed by atoms with Crippen LogP contribution in [-0.2, 0) is 11.8 Å². The summed E-state index contributed by atoms with van der Waals surface area (Å²) < 4.78 is 12.1. The highest BCUT2D eigenvalue weighted by molar-refractivity contribution is 7.99. The fourth-order valence-electron chi connectivity index (χ4n) is 2.27. The molecule has 0 bridgehead atoms. The van der Waals surface area contributed by atoms with Gasteiger partial charge in [-0.25, -0.2) is 4.79 Å². The van der Waals surface area contributed by atoms with Crippen LogP contribution in [0.1, 0.15) is 28.5 Å². The lowest BCUT2D eigenvalue weighted by molar-refractivity contribution is 0.0563. The van der Waals surface area contributed by atoms with Gasteiger partial charge in [-0.15, -0.1) is 10.2 Å². The van der Waals surface area contributed by atoms with E-state index in [4.69, 9.17) is 16.0 Å². The summed E-state index contributed by atoms with van der Waals surface area (Å²) in [5, 5.41) is 9.88. The van der Waals surface area contributed by atoms with Gasteiger partial charge in [-0.2, -0.15) is 0 Å². The highest BCUT2D eigenvalue weighted by atomic mass is 35.5. The van der Waals surface area contributed by atoms with E-state index in [0.717, 1.165) is 16.5 Å². The van der Waals surface area contributed by atoms with Crippen LogP contribution in [0.15, 0.2) is 46.0 Å². The van der Waals surface area contributed by atoms with Crippen LogP contribution in [0.3, 0.4) is 0 Å². The first-order valence-electron chi connectivity index (χ1n) is 7.49. The number of carbonyl (C=O) groups is 1. The first kappa shape index (κ1) is 17.6. The Morgan fingerprint density at radius 1 is 1.24 bits per heavy atom. The van der Waals surface area contributed by atoms with Gasteiger partial charge in [0, 0.05) is 17.6 Å². The molecular formula is C17H16ClN3O3S. The van der Waals surface area contributed by atoms with Crippen molar-refractivity contribution in [1.82, 2.24) is 14.8 Å². The van der Waals surface area contributed by atoms with E-state index in [9.17, 15) is 4.79 Å². The molecule has 0 saturated carbocycles. The number of benzene rings is 1. The number of methoxy groups -OCH3 is 1. The van der Waals surface area contributed by atoms with Crippen molar-refractivity contribution in [1.29, 1.82) is 0 Å². The molecule has 0 N–H and O–H groups in total. The number of nitrogens with zero attached hydrogens (tertiary/aromatic N) is 3. The van der Waals surface area contributed by atoms with Crippen molar-refractivity contribution in [3.05, 3.63) is 52.9 Å². The Kier molecular flexibility index (Phi) is 5.15. The summed E-state index contributed by atoms with van der Waals surface area (Å²) in [5.41, 5.74) is 0.935. The van der Waals surface area contributed by atoms with E-state index in [0.29, 0.717) is 10.8 Å². The second kappa shape index (κ2) is 7.33. The molecule has 2 aromatic heterocycles. The summed E-state index contributed by atoms with van der Waals surface area (Å²) in [5.74, 6) is 1.11. The molecule has 25 heavy (non-hydrogen) atoms. The zero-order valence-electron chi connectivity index (χ0n) is 13.9. The SMILES string of the molecule is COC(=O)c1ccc(C(C)Sc2nnc(-c3ccc(Cl)cc3)n2C)o1. The first-order chi connectivity index (χ1) is 12.0. The number of halogens is 1.